The maximum atomic E-state index is 5.99. The fourth-order valence-corrected chi connectivity index (χ4v) is 2.57. The van der Waals surface area contributed by atoms with E-state index in [1.165, 1.54) is 16.3 Å². The second-order valence-electron chi connectivity index (χ2n) is 5.18. The lowest BCUT2D eigenvalue weighted by Crippen LogP contribution is -1.91. The van der Waals surface area contributed by atoms with Gasteiger partial charge in [-0.1, -0.05) is 55.8 Å². The zero-order valence-electron chi connectivity index (χ0n) is 12.1. The summed E-state index contributed by atoms with van der Waals surface area (Å²) in [6.07, 6.45) is 3.09. The summed E-state index contributed by atoms with van der Waals surface area (Å²) in [6.45, 7) is 3.94. The maximum absolute atomic E-state index is 5.99. The fraction of sp³-hybridized carbons (Fsp3) is 0.150. The minimum Gasteiger partial charge on any atom is -0.457 e. The molecule has 3 rings (SSSR count). The normalized spacial score (nSPS) is 10.7. The van der Waals surface area contributed by atoms with Crippen LogP contribution in [-0.4, -0.2) is 0 Å². The molecule has 0 unspecified atom stereocenters. The number of benzene rings is 3. The van der Waals surface area contributed by atoms with Gasteiger partial charge in [0.25, 0.3) is 0 Å². The summed E-state index contributed by atoms with van der Waals surface area (Å²) in [6, 6.07) is 22.7. The van der Waals surface area contributed by atoms with Crippen LogP contribution in [0.15, 0.2) is 66.7 Å². The molecule has 0 heterocycles. The van der Waals surface area contributed by atoms with Gasteiger partial charge in [-0.15, -0.1) is 0 Å². The molecule has 0 N–H and O–H groups in total. The third kappa shape index (κ3) is 3.25. The molecule has 0 bridgehead atoms. The minimum atomic E-state index is 0.871. The Balaban J connectivity index is 1.99. The van der Waals surface area contributed by atoms with Crippen LogP contribution in [0, 0.1) is 6.92 Å². The second kappa shape index (κ2) is 6.45. The van der Waals surface area contributed by atoms with Gasteiger partial charge in [-0.05, 0) is 53.4 Å². The topological polar surface area (TPSA) is 9.23 Å². The van der Waals surface area contributed by atoms with Crippen molar-refractivity contribution < 1.29 is 4.74 Å². The van der Waals surface area contributed by atoms with E-state index in [2.05, 4.69) is 43.3 Å². The Hall–Kier alpha value is -2.28. The number of hydrogen-bond acceptors (Lipinski definition) is 1. The van der Waals surface area contributed by atoms with Crippen molar-refractivity contribution in [2.75, 3.05) is 0 Å². The standard InChI is InChI=1S/C20H19O/c1-2-3-9-16-14-19(21-18-11-5-4-6-12-18)15-17-10-7-8-13-20(16)17/h4-8,10-15H,1-3,9H2. The van der Waals surface area contributed by atoms with Crippen LogP contribution < -0.4 is 4.74 Å². The molecule has 0 aliphatic carbocycles. The quantitative estimate of drug-likeness (QED) is 0.572. The van der Waals surface area contributed by atoms with Crippen LogP contribution in [0.2, 0.25) is 0 Å². The highest BCUT2D eigenvalue weighted by Crippen LogP contribution is 2.29. The number of rotatable bonds is 5. The average Bonchev–Trinajstić information content (AvgIpc) is 2.53. The van der Waals surface area contributed by atoms with Crippen LogP contribution in [0.4, 0.5) is 0 Å². The van der Waals surface area contributed by atoms with E-state index in [9.17, 15) is 0 Å². The van der Waals surface area contributed by atoms with Crippen LogP contribution in [0.25, 0.3) is 10.8 Å². The summed E-state index contributed by atoms with van der Waals surface area (Å²) < 4.78 is 5.99. The van der Waals surface area contributed by atoms with Gasteiger partial charge in [-0.25, -0.2) is 0 Å². The maximum Gasteiger partial charge on any atom is 0.128 e. The van der Waals surface area contributed by atoms with Crippen LogP contribution in [0.3, 0.4) is 0 Å². The monoisotopic (exact) mass is 275 g/mol. The Bertz CT molecular complexity index is 716. The van der Waals surface area contributed by atoms with E-state index in [4.69, 9.17) is 4.74 Å². The number of hydrogen-bond donors (Lipinski definition) is 0. The van der Waals surface area contributed by atoms with E-state index in [1.807, 2.05) is 30.3 Å². The van der Waals surface area contributed by atoms with Crippen molar-refractivity contribution in [3.8, 4) is 11.5 Å². The summed E-state index contributed by atoms with van der Waals surface area (Å²) in [7, 11) is 0. The highest BCUT2D eigenvalue weighted by atomic mass is 16.5. The first-order chi connectivity index (χ1) is 10.4. The van der Waals surface area contributed by atoms with E-state index >= 15 is 0 Å². The van der Waals surface area contributed by atoms with Crippen molar-refractivity contribution in [3.05, 3.63) is 79.2 Å². The molecule has 1 nitrogen and oxygen atoms in total. The molecule has 1 radical (unpaired) electrons. The van der Waals surface area contributed by atoms with Crippen molar-refractivity contribution >= 4 is 10.8 Å². The van der Waals surface area contributed by atoms with Crippen LogP contribution in [-0.2, 0) is 6.42 Å². The molecule has 3 aromatic rings. The van der Waals surface area contributed by atoms with Gasteiger partial charge in [0.2, 0.25) is 0 Å². The first-order valence-corrected chi connectivity index (χ1v) is 7.40. The SMILES string of the molecule is [CH2]CCCc1cc(Oc2ccccc2)cc2ccccc12. The fourth-order valence-electron chi connectivity index (χ4n) is 2.57. The van der Waals surface area contributed by atoms with Gasteiger partial charge in [0, 0.05) is 0 Å². The van der Waals surface area contributed by atoms with Crippen LogP contribution in [0.5, 0.6) is 11.5 Å². The molecule has 0 aliphatic heterocycles. The van der Waals surface area contributed by atoms with Crippen LogP contribution in [0.1, 0.15) is 18.4 Å². The van der Waals surface area contributed by atoms with Gasteiger partial charge in [0.15, 0.2) is 0 Å². The number of ether oxygens (including phenoxy) is 1. The molecular weight excluding hydrogens is 256 g/mol. The van der Waals surface area contributed by atoms with E-state index in [1.54, 1.807) is 0 Å². The Labute approximate surface area is 126 Å². The summed E-state index contributed by atoms with van der Waals surface area (Å²) >= 11 is 0. The lowest BCUT2D eigenvalue weighted by atomic mass is 10.00. The molecule has 105 valence electrons. The molecular formula is C20H19O. The Morgan fingerprint density at radius 3 is 2.38 bits per heavy atom. The first-order valence-electron chi connectivity index (χ1n) is 7.40. The molecule has 0 amide bonds. The number of fused-ring (bicyclic) bond motifs is 1. The highest BCUT2D eigenvalue weighted by Gasteiger charge is 2.05. The van der Waals surface area contributed by atoms with Crippen molar-refractivity contribution in [1.29, 1.82) is 0 Å². The molecule has 0 saturated carbocycles. The van der Waals surface area contributed by atoms with E-state index in [0.29, 0.717) is 0 Å². The van der Waals surface area contributed by atoms with Crippen molar-refractivity contribution in [2.24, 2.45) is 0 Å². The predicted octanol–water partition coefficient (Wildman–Crippen LogP) is 5.79. The molecule has 0 fully saturated rings. The lowest BCUT2D eigenvalue weighted by Gasteiger charge is -2.11. The molecule has 0 spiro atoms. The molecule has 21 heavy (non-hydrogen) atoms. The summed E-state index contributed by atoms with van der Waals surface area (Å²) in [5.41, 5.74) is 1.34. The third-order valence-electron chi connectivity index (χ3n) is 3.60. The minimum absolute atomic E-state index is 0.871. The Morgan fingerprint density at radius 1 is 0.810 bits per heavy atom. The third-order valence-corrected chi connectivity index (χ3v) is 3.60. The van der Waals surface area contributed by atoms with E-state index in [-0.39, 0.29) is 0 Å². The molecule has 3 aromatic carbocycles. The lowest BCUT2D eigenvalue weighted by molar-refractivity contribution is 0.482. The smallest absolute Gasteiger partial charge is 0.128 e. The number of unbranched alkanes of at least 4 members (excludes halogenated alkanes) is 1. The van der Waals surface area contributed by atoms with E-state index in [0.717, 1.165) is 30.8 Å². The Kier molecular flexibility index (Phi) is 4.20. The van der Waals surface area contributed by atoms with Crippen LogP contribution >= 0.6 is 0 Å². The predicted molar refractivity (Wildman–Crippen MR) is 88.8 cm³/mol. The van der Waals surface area contributed by atoms with Gasteiger partial charge in [-0.2, -0.15) is 0 Å². The average molecular weight is 275 g/mol. The Morgan fingerprint density at radius 2 is 1.57 bits per heavy atom. The molecule has 0 aliphatic rings. The van der Waals surface area contributed by atoms with Crippen molar-refractivity contribution in [2.45, 2.75) is 19.3 Å². The van der Waals surface area contributed by atoms with Gasteiger partial charge in [0.05, 0.1) is 0 Å². The zero-order valence-corrected chi connectivity index (χ0v) is 12.1. The van der Waals surface area contributed by atoms with Crippen molar-refractivity contribution in [1.82, 2.24) is 0 Å². The molecule has 0 aromatic heterocycles. The van der Waals surface area contributed by atoms with Gasteiger partial charge in [-0.3, -0.25) is 0 Å². The van der Waals surface area contributed by atoms with Gasteiger partial charge in [0.1, 0.15) is 11.5 Å². The van der Waals surface area contributed by atoms with Gasteiger partial charge < -0.3 is 4.74 Å². The number of para-hydroxylation sites is 1. The van der Waals surface area contributed by atoms with Gasteiger partial charge >= 0.3 is 0 Å². The number of aryl methyl sites for hydroxylation is 1. The summed E-state index contributed by atoms with van der Waals surface area (Å²) in [5.74, 6) is 1.77. The zero-order chi connectivity index (χ0) is 14.5. The van der Waals surface area contributed by atoms with E-state index < -0.39 is 0 Å². The molecule has 1 heteroatoms. The largest absolute Gasteiger partial charge is 0.457 e. The summed E-state index contributed by atoms with van der Waals surface area (Å²) in [5, 5.41) is 2.54. The van der Waals surface area contributed by atoms with Crippen molar-refractivity contribution in [3.63, 3.8) is 0 Å². The summed E-state index contributed by atoms with van der Waals surface area (Å²) in [4.78, 5) is 0. The molecule has 0 atom stereocenters. The highest BCUT2D eigenvalue weighted by molar-refractivity contribution is 5.87. The second-order valence-corrected chi connectivity index (χ2v) is 5.18. The first kappa shape index (κ1) is 13.7. The molecule has 0 saturated heterocycles.